The normalized spacial score (nSPS) is 18.3. The van der Waals surface area contributed by atoms with Crippen LogP contribution in [0.3, 0.4) is 0 Å². The summed E-state index contributed by atoms with van der Waals surface area (Å²) >= 11 is 0. The summed E-state index contributed by atoms with van der Waals surface area (Å²) in [7, 11) is 3.57. The number of carbonyl (C=O) groups excluding carboxylic acids is 1. The molecule has 2 rings (SSSR count). The number of fused-ring (bicyclic) bond motifs is 1. The van der Waals surface area contributed by atoms with E-state index in [1.807, 2.05) is 20.8 Å². The largest absolute Gasteiger partial charge is 0.501 e. The van der Waals surface area contributed by atoms with Gasteiger partial charge in [-0.15, -0.1) is 0 Å². The van der Waals surface area contributed by atoms with Gasteiger partial charge >= 0.3 is 0 Å². The zero-order chi connectivity index (χ0) is 16.8. The average molecular weight is 489 g/mol. The standard InChI is InChI=1S/C16H25N4O2.W/c1-9(2)17-14(21)11-8-16(4,5)12-10(3)18-13(19(6)7)15(22)20(11)12;/h11H,8H2,1-7H3,(H,17,21);/q-1;/t11-;/m0./s1. The van der Waals surface area contributed by atoms with E-state index in [1.165, 1.54) is 0 Å². The van der Waals surface area contributed by atoms with Gasteiger partial charge in [-0.1, -0.05) is 13.8 Å². The summed E-state index contributed by atoms with van der Waals surface area (Å²) in [4.78, 5) is 31.5. The molecule has 7 heteroatoms. The summed E-state index contributed by atoms with van der Waals surface area (Å²) in [6.07, 6.45) is 0.598. The number of carbonyl (C=O) groups is 1. The van der Waals surface area contributed by atoms with Crippen LogP contribution in [0, 0.1) is 13.0 Å². The van der Waals surface area contributed by atoms with Crippen molar-refractivity contribution in [3.05, 3.63) is 27.8 Å². The number of hydrogen-bond donors (Lipinski definition) is 1. The molecule has 0 bridgehead atoms. The van der Waals surface area contributed by atoms with Crippen LogP contribution in [-0.2, 0) is 31.3 Å². The van der Waals surface area contributed by atoms with Crippen LogP contribution in [-0.4, -0.2) is 29.6 Å². The van der Waals surface area contributed by atoms with Gasteiger partial charge in [0.25, 0.3) is 5.56 Å². The molecule has 2 heterocycles. The van der Waals surface area contributed by atoms with Crippen LogP contribution in [0.4, 0.5) is 5.82 Å². The second-order valence-electron chi connectivity index (χ2n) is 7.03. The van der Waals surface area contributed by atoms with Crippen LogP contribution in [0.5, 0.6) is 0 Å². The maximum Gasteiger partial charge on any atom is 0.294 e. The van der Waals surface area contributed by atoms with E-state index in [0.29, 0.717) is 12.2 Å². The molecule has 0 radical (unpaired) electrons. The van der Waals surface area contributed by atoms with Crippen LogP contribution in [0.15, 0.2) is 4.79 Å². The van der Waals surface area contributed by atoms with Gasteiger partial charge in [0.2, 0.25) is 5.91 Å². The molecular formula is C16H25N4O2W-. The number of anilines is 1. The number of aryl methyl sites for hydroxylation is 1. The number of nitrogens with one attached hydrogen (secondary N) is 1. The van der Waals surface area contributed by atoms with Crippen molar-refractivity contribution in [2.75, 3.05) is 19.0 Å². The second-order valence-corrected chi connectivity index (χ2v) is 7.03. The molecule has 128 valence electrons. The molecule has 0 spiro atoms. The third kappa shape index (κ3) is 3.52. The van der Waals surface area contributed by atoms with E-state index in [9.17, 15) is 9.59 Å². The van der Waals surface area contributed by atoms with Crippen LogP contribution < -0.4 is 15.8 Å². The molecule has 1 atom stereocenters. The van der Waals surface area contributed by atoms with Crippen molar-refractivity contribution in [3.63, 3.8) is 0 Å². The smallest absolute Gasteiger partial charge is 0.294 e. The van der Waals surface area contributed by atoms with Gasteiger partial charge < -0.3 is 10.2 Å². The monoisotopic (exact) mass is 489 g/mol. The van der Waals surface area contributed by atoms with Crippen molar-refractivity contribution in [2.45, 2.75) is 52.5 Å². The summed E-state index contributed by atoms with van der Waals surface area (Å²) in [5.41, 5.74) is 1.20. The number of amides is 1. The Labute approximate surface area is 151 Å². The van der Waals surface area contributed by atoms with E-state index in [-0.39, 0.29) is 37.9 Å². The Balaban J connectivity index is 0.00000264. The first-order valence-electron chi connectivity index (χ1n) is 7.48. The van der Waals surface area contributed by atoms with E-state index < -0.39 is 6.04 Å². The first-order chi connectivity index (χ1) is 10.1. The van der Waals surface area contributed by atoms with Gasteiger partial charge in [-0.3, -0.25) is 14.2 Å². The van der Waals surface area contributed by atoms with Gasteiger partial charge in [-0.2, -0.15) is 13.8 Å². The van der Waals surface area contributed by atoms with Gasteiger partial charge in [0.1, 0.15) is 6.04 Å². The zero-order valence-corrected chi connectivity index (χ0v) is 17.8. The first kappa shape index (κ1) is 19.9. The molecule has 23 heavy (non-hydrogen) atoms. The van der Waals surface area contributed by atoms with E-state index in [2.05, 4.69) is 24.1 Å². The van der Waals surface area contributed by atoms with E-state index in [4.69, 9.17) is 0 Å². The van der Waals surface area contributed by atoms with Crippen molar-refractivity contribution in [3.8, 4) is 0 Å². The van der Waals surface area contributed by atoms with Crippen molar-refractivity contribution in [1.82, 2.24) is 14.9 Å². The summed E-state index contributed by atoms with van der Waals surface area (Å²) in [6.45, 7) is 9.68. The Hall–Kier alpha value is -1.16. The minimum Gasteiger partial charge on any atom is -0.501 e. The van der Waals surface area contributed by atoms with Gasteiger partial charge in [-0.05, 0) is 13.3 Å². The molecule has 1 aromatic heterocycles. The maximum atomic E-state index is 12.8. The Morgan fingerprint density at radius 2 is 1.96 bits per heavy atom. The van der Waals surface area contributed by atoms with Gasteiger partial charge in [0.05, 0.1) is 5.69 Å². The van der Waals surface area contributed by atoms with E-state index in [1.54, 1.807) is 23.6 Å². The molecule has 1 amide bonds. The van der Waals surface area contributed by atoms with Crippen LogP contribution in [0.25, 0.3) is 0 Å². The molecule has 6 nitrogen and oxygen atoms in total. The fourth-order valence-corrected chi connectivity index (χ4v) is 3.26. The zero-order valence-electron chi connectivity index (χ0n) is 14.9. The molecule has 1 aliphatic rings. The predicted molar refractivity (Wildman–Crippen MR) is 87.0 cm³/mol. The summed E-state index contributed by atoms with van der Waals surface area (Å²) in [5, 5.41) is 2.84. The molecular weight excluding hydrogens is 464 g/mol. The fraction of sp³-hybridized carbons (Fsp3) is 0.625. The minimum absolute atomic E-state index is 0. The van der Waals surface area contributed by atoms with Crippen molar-refractivity contribution >= 4 is 11.7 Å². The van der Waals surface area contributed by atoms with Gasteiger partial charge in [-0.25, -0.2) is 11.0 Å². The predicted octanol–water partition coefficient (Wildman–Crippen LogP) is 1.53. The SMILES string of the molecule is Cc1nc(N(C)C)c(=O)n2c1C(C)(C)C[C@H]2C(=O)N[C-](C)C.[W]. The summed E-state index contributed by atoms with van der Waals surface area (Å²) < 4.78 is 1.63. The van der Waals surface area contributed by atoms with Crippen molar-refractivity contribution in [1.29, 1.82) is 0 Å². The van der Waals surface area contributed by atoms with Crippen molar-refractivity contribution in [2.24, 2.45) is 0 Å². The van der Waals surface area contributed by atoms with E-state index in [0.717, 1.165) is 17.4 Å². The molecule has 0 saturated heterocycles. The quantitative estimate of drug-likeness (QED) is 0.655. The third-order valence-corrected chi connectivity index (χ3v) is 4.02. The number of hydrogen-bond acceptors (Lipinski definition) is 4. The van der Waals surface area contributed by atoms with E-state index >= 15 is 0 Å². The first-order valence-corrected chi connectivity index (χ1v) is 7.48. The van der Waals surface area contributed by atoms with Crippen LogP contribution >= 0.6 is 0 Å². The number of aromatic nitrogens is 2. The Morgan fingerprint density at radius 3 is 2.43 bits per heavy atom. The van der Waals surface area contributed by atoms with Crippen LogP contribution in [0.2, 0.25) is 0 Å². The fourth-order valence-electron chi connectivity index (χ4n) is 3.26. The topological polar surface area (TPSA) is 67.2 Å². The molecule has 0 unspecified atom stereocenters. The molecule has 1 N–H and O–H groups in total. The summed E-state index contributed by atoms with van der Waals surface area (Å²) in [6, 6.07) is 0.329. The Morgan fingerprint density at radius 1 is 1.39 bits per heavy atom. The molecule has 1 aliphatic heterocycles. The number of rotatable bonds is 3. The molecule has 0 saturated carbocycles. The van der Waals surface area contributed by atoms with Crippen molar-refractivity contribution < 1.29 is 25.9 Å². The molecule has 0 aliphatic carbocycles. The number of nitrogens with zero attached hydrogens (tertiary/aromatic N) is 3. The Kier molecular flexibility index (Phi) is 5.84. The summed E-state index contributed by atoms with van der Waals surface area (Å²) in [5.74, 6) is 0.234. The second kappa shape index (κ2) is 6.76. The molecule has 0 aromatic carbocycles. The third-order valence-electron chi connectivity index (χ3n) is 4.02. The molecule has 1 aromatic rings. The van der Waals surface area contributed by atoms with Gasteiger partial charge in [0, 0.05) is 46.3 Å². The van der Waals surface area contributed by atoms with Gasteiger partial charge in [0.15, 0.2) is 5.82 Å². The Bertz CT molecular complexity index is 665. The molecule has 0 fully saturated rings. The van der Waals surface area contributed by atoms with Crippen LogP contribution in [0.1, 0.15) is 51.5 Å². The maximum absolute atomic E-state index is 12.8. The minimum atomic E-state index is -0.493. The average Bonchev–Trinajstić information content (AvgIpc) is 2.65.